The molecule has 1 aromatic carbocycles. The summed E-state index contributed by atoms with van der Waals surface area (Å²) < 4.78 is 7.73. The maximum absolute atomic E-state index is 12.4. The lowest BCUT2D eigenvalue weighted by molar-refractivity contribution is -0.127. The largest absolute Gasteiger partial charge is 0.481 e. The van der Waals surface area contributed by atoms with Gasteiger partial charge in [-0.05, 0) is 56.9 Å². The summed E-state index contributed by atoms with van der Waals surface area (Å²) in [6.07, 6.45) is 5.68. The van der Waals surface area contributed by atoms with Crippen LogP contribution in [0.15, 0.2) is 54.7 Å². The molecule has 0 saturated carbocycles. The van der Waals surface area contributed by atoms with Gasteiger partial charge in [0.2, 0.25) is 0 Å². The number of nitrogens with one attached hydrogen (secondary N) is 1. The summed E-state index contributed by atoms with van der Waals surface area (Å²) in [5, 5.41) is 7.81. The zero-order valence-corrected chi connectivity index (χ0v) is 16.7. The van der Waals surface area contributed by atoms with Gasteiger partial charge in [0.15, 0.2) is 6.10 Å². The van der Waals surface area contributed by atoms with Crippen LogP contribution in [0.25, 0.3) is 11.4 Å². The summed E-state index contributed by atoms with van der Waals surface area (Å²) in [4.78, 5) is 16.9. The van der Waals surface area contributed by atoms with E-state index in [1.54, 1.807) is 13.1 Å². The Labute approximate surface area is 170 Å². The minimum absolute atomic E-state index is 0.125. The summed E-state index contributed by atoms with van der Waals surface area (Å²) in [7, 11) is 0. The van der Waals surface area contributed by atoms with Crippen LogP contribution in [-0.2, 0) is 24.2 Å². The van der Waals surface area contributed by atoms with Crippen molar-refractivity contribution in [3.05, 3.63) is 66.0 Å². The molecule has 6 heteroatoms. The van der Waals surface area contributed by atoms with E-state index in [-0.39, 0.29) is 5.91 Å². The van der Waals surface area contributed by atoms with Gasteiger partial charge in [-0.3, -0.25) is 14.5 Å². The zero-order chi connectivity index (χ0) is 20.1. The SMILES string of the molecule is C[C@H](Oc1ccccc1)C(=O)NCCn1nc(-c2ccccn2)c2c1CCCC2. The molecule has 0 spiro atoms. The van der Waals surface area contributed by atoms with E-state index in [2.05, 4.69) is 10.3 Å². The highest BCUT2D eigenvalue weighted by Gasteiger charge is 2.22. The molecule has 0 radical (unpaired) electrons. The minimum Gasteiger partial charge on any atom is -0.481 e. The highest BCUT2D eigenvalue weighted by molar-refractivity contribution is 5.80. The number of nitrogens with zero attached hydrogens (tertiary/aromatic N) is 3. The van der Waals surface area contributed by atoms with Gasteiger partial charge < -0.3 is 10.1 Å². The van der Waals surface area contributed by atoms with Crippen molar-refractivity contribution in [2.75, 3.05) is 6.54 Å². The van der Waals surface area contributed by atoms with Crippen LogP contribution in [0.3, 0.4) is 0 Å². The standard InChI is InChI=1S/C23H26N4O2/c1-17(29-18-9-3-2-4-10-18)23(28)25-15-16-27-21-13-6-5-11-19(21)22(26-27)20-12-7-8-14-24-20/h2-4,7-10,12,14,17H,5-6,11,13,15-16H2,1H3,(H,25,28)/t17-/m0/s1. The van der Waals surface area contributed by atoms with Gasteiger partial charge in [0, 0.05) is 24.0 Å². The Hall–Kier alpha value is -3.15. The molecule has 4 rings (SSSR count). The predicted octanol–water partition coefficient (Wildman–Crippen LogP) is 3.41. The van der Waals surface area contributed by atoms with E-state index < -0.39 is 6.10 Å². The number of fused-ring (bicyclic) bond motifs is 1. The van der Waals surface area contributed by atoms with E-state index in [4.69, 9.17) is 9.84 Å². The van der Waals surface area contributed by atoms with E-state index in [0.29, 0.717) is 18.8 Å². The number of amides is 1. The molecule has 150 valence electrons. The van der Waals surface area contributed by atoms with Gasteiger partial charge in [-0.25, -0.2) is 0 Å². The van der Waals surface area contributed by atoms with Crippen molar-refractivity contribution >= 4 is 5.91 Å². The van der Waals surface area contributed by atoms with Crippen molar-refractivity contribution in [2.24, 2.45) is 0 Å². The molecule has 0 aliphatic heterocycles. The number of para-hydroxylation sites is 1. The van der Waals surface area contributed by atoms with Crippen molar-refractivity contribution < 1.29 is 9.53 Å². The van der Waals surface area contributed by atoms with Crippen LogP contribution in [0.2, 0.25) is 0 Å². The molecule has 0 fully saturated rings. The predicted molar refractivity (Wildman–Crippen MR) is 112 cm³/mol. The number of hydrogen-bond donors (Lipinski definition) is 1. The van der Waals surface area contributed by atoms with Crippen molar-refractivity contribution in [1.29, 1.82) is 0 Å². The smallest absolute Gasteiger partial charge is 0.260 e. The van der Waals surface area contributed by atoms with Gasteiger partial charge in [-0.1, -0.05) is 24.3 Å². The molecule has 1 N–H and O–H groups in total. The molecule has 3 aromatic rings. The van der Waals surface area contributed by atoms with Crippen LogP contribution in [0.5, 0.6) is 5.75 Å². The quantitative estimate of drug-likeness (QED) is 0.671. The molecule has 29 heavy (non-hydrogen) atoms. The summed E-state index contributed by atoms with van der Waals surface area (Å²) in [5.41, 5.74) is 4.48. The van der Waals surface area contributed by atoms with Gasteiger partial charge in [0.05, 0.1) is 12.2 Å². The van der Waals surface area contributed by atoms with Gasteiger partial charge in [-0.15, -0.1) is 0 Å². The first kappa shape index (κ1) is 19.2. The molecular formula is C23H26N4O2. The van der Waals surface area contributed by atoms with Crippen molar-refractivity contribution in [3.8, 4) is 17.1 Å². The Morgan fingerprint density at radius 3 is 2.72 bits per heavy atom. The minimum atomic E-state index is -0.548. The van der Waals surface area contributed by atoms with E-state index in [1.807, 2.05) is 53.2 Å². The summed E-state index contributed by atoms with van der Waals surface area (Å²) >= 11 is 0. The molecule has 1 aliphatic rings. The molecule has 0 saturated heterocycles. The third-order valence-electron chi connectivity index (χ3n) is 5.21. The fourth-order valence-electron chi connectivity index (χ4n) is 3.75. The zero-order valence-electron chi connectivity index (χ0n) is 16.7. The molecule has 2 aromatic heterocycles. The van der Waals surface area contributed by atoms with Gasteiger partial charge in [-0.2, -0.15) is 5.10 Å². The first-order valence-electron chi connectivity index (χ1n) is 10.2. The molecule has 1 atom stereocenters. The number of ether oxygens (including phenoxy) is 1. The Kier molecular flexibility index (Phi) is 5.89. The maximum atomic E-state index is 12.4. The lowest BCUT2D eigenvalue weighted by Crippen LogP contribution is -2.38. The number of benzene rings is 1. The Bertz CT molecular complexity index is 954. The van der Waals surface area contributed by atoms with E-state index >= 15 is 0 Å². The van der Waals surface area contributed by atoms with Crippen LogP contribution < -0.4 is 10.1 Å². The molecule has 2 heterocycles. The van der Waals surface area contributed by atoms with Gasteiger partial charge >= 0.3 is 0 Å². The lowest BCUT2D eigenvalue weighted by Gasteiger charge is -2.16. The number of aromatic nitrogens is 3. The third kappa shape index (κ3) is 4.47. The fraction of sp³-hybridized carbons (Fsp3) is 0.348. The van der Waals surface area contributed by atoms with Crippen LogP contribution in [0, 0.1) is 0 Å². The molecule has 0 bridgehead atoms. The highest BCUT2D eigenvalue weighted by Crippen LogP contribution is 2.30. The molecular weight excluding hydrogens is 364 g/mol. The van der Waals surface area contributed by atoms with Crippen LogP contribution >= 0.6 is 0 Å². The van der Waals surface area contributed by atoms with E-state index in [9.17, 15) is 4.79 Å². The van der Waals surface area contributed by atoms with Crippen molar-refractivity contribution in [2.45, 2.75) is 45.3 Å². The van der Waals surface area contributed by atoms with Gasteiger partial charge in [0.25, 0.3) is 5.91 Å². The summed E-state index contributed by atoms with van der Waals surface area (Å²) in [6.45, 7) is 2.91. The summed E-state index contributed by atoms with van der Waals surface area (Å²) in [6, 6.07) is 15.3. The topological polar surface area (TPSA) is 69.0 Å². The average Bonchev–Trinajstić information content (AvgIpc) is 3.14. The van der Waals surface area contributed by atoms with Crippen LogP contribution in [-0.4, -0.2) is 33.3 Å². The molecule has 1 aliphatic carbocycles. The number of pyridine rings is 1. The molecule has 1 amide bonds. The second kappa shape index (κ2) is 8.90. The number of rotatable bonds is 7. The van der Waals surface area contributed by atoms with E-state index in [1.165, 1.54) is 24.1 Å². The highest BCUT2D eigenvalue weighted by atomic mass is 16.5. The van der Waals surface area contributed by atoms with Crippen LogP contribution in [0.4, 0.5) is 0 Å². The number of hydrogen-bond acceptors (Lipinski definition) is 4. The second-order valence-electron chi connectivity index (χ2n) is 7.28. The first-order chi connectivity index (χ1) is 14.2. The first-order valence-corrected chi connectivity index (χ1v) is 10.2. The fourth-order valence-corrected chi connectivity index (χ4v) is 3.75. The van der Waals surface area contributed by atoms with Crippen molar-refractivity contribution in [1.82, 2.24) is 20.1 Å². The van der Waals surface area contributed by atoms with Gasteiger partial charge in [0.1, 0.15) is 11.4 Å². The monoisotopic (exact) mass is 390 g/mol. The normalized spacial score (nSPS) is 14.1. The second-order valence-corrected chi connectivity index (χ2v) is 7.28. The molecule has 6 nitrogen and oxygen atoms in total. The van der Waals surface area contributed by atoms with E-state index in [0.717, 1.165) is 24.2 Å². The Balaban J connectivity index is 1.40. The number of carbonyl (C=O) groups is 1. The average molecular weight is 390 g/mol. The number of carbonyl (C=O) groups excluding carboxylic acids is 1. The third-order valence-corrected chi connectivity index (χ3v) is 5.21. The van der Waals surface area contributed by atoms with Crippen molar-refractivity contribution in [3.63, 3.8) is 0 Å². The lowest BCUT2D eigenvalue weighted by atomic mass is 9.95. The Morgan fingerprint density at radius 1 is 1.14 bits per heavy atom. The molecule has 0 unspecified atom stereocenters. The summed E-state index contributed by atoms with van der Waals surface area (Å²) in [5.74, 6) is 0.566. The maximum Gasteiger partial charge on any atom is 0.260 e. The Morgan fingerprint density at radius 2 is 1.93 bits per heavy atom. The van der Waals surface area contributed by atoms with Crippen LogP contribution in [0.1, 0.15) is 31.0 Å².